The van der Waals surface area contributed by atoms with Crippen molar-refractivity contribution >= 4 is 82.3 Å². The summed E-state index contributed by atoms with van der Waals surface area (Å²) in [6.07, 6.45) is 6.24. The molecule has 0 fully saturated rings. The maximum atomic E-state index is 12.4. The van der Waals surface area contributed by atoms with Gasteiger partial charge in [-0.3, -0.25) is 30.2 Å². The van der Waals surface area contributed by atoms with Crippen molar-refractivity contribution in [1.82, 2.24) is 51.8 Å². The second kappa shape index (κ2) is 37.9. The number of benzene rings is 2. The molecule has 2 aromatic carbocycles. The number of aryl methyl sites for hydroxylation is 2. The van der Waals surface area contributed by atoms with E-state index in [1.165, 1.54) is 0 Å². The topological polar surface area (TPSA) is 428 Å². The van der Waals surface area contributed by atoms with Crippen molar-refractivity contribution in [3.8, 4) is 11.5 Å². The summed E-state index contributed by atoms with van der Waals surface area (Å²) < 4.78 is 33.7. The quantitative estimate of drug-likeness (QED) is 0.0174. The number of urea groups is 2. The number of ether oxygens (including phenoxy) is 6. The summed E-state index contributed by atoms with van der Waals surface area (Å²) in [5, 5.41) is 15.6. The molecule has 0 saturated carbocycles. The van der Waals surface area contributed by atoms with Crippen molar-refractivity contribution in [3.05, 3.63) is 81.4 Å². The van der Waals surface area contributed by atoms with Gasteiger partial charge in [-0.1, -0.05) is 47.5 Å². The molecule has 28 nitrogen and oxygen atoms in total. The van der Waals surface area contributed by atoms with E-state index in [2.05, 4.69) is 61.8 Å². The van der Waals surface area contributed by atoms with Crippen molar-refractivity contribution < 1.29 is 47.6 Å². The number of unbranched alkanes of at least 4 members (excludes halogenated alkanes) is 3. The first-order valence-corrected chi connectivity index (χ1v) is 26.6. The SMILES string of the molecule is NC(=NCCCCc1ccc(OCCOCCOCCNC(=O)NCCCCNC(=O)NCCOCCOCCOc2ccc(CCCCN=C(N)NC(=O)c3nc(Cl)c(N)nc3N)cc2)cc1)NC(=O)c1nc(Cl)c(N)nc1N. The van der Waals surface area contributed by atoms with E-state index in [9.17, 15) is 19.2 Å². The Balaban J connectivity index is 0.846. The van der Waals surface area contributed by atoms with Crippen LogP contribution in [0.15, 0.2) is 58.5 Å². The Kier molecular flexibility index (Phi) is 30.7. The van der Waals surface area contributed by atoms with Gasteiger partial charge in [0.15, 0.2) is 56.9 Å². The molecule has 6 amide bonds. The highest BCUT2D eigenvalue weighted by Gasteiger charge is 2.18. The number of amides is 6. The zero-order valence-corrected chi connectivity index (χ0v) is 46.1. The Hall–Kier alpha value is -7.76. The second-order valence-corrected chi connectivity index (χ2v) is 17.8. The predicted octanol–water partition coefficient (Wildman–Crippen LogP) is 1.94. The minimum Gasteiger partial charge on any atom is -0.491 e. The molecule has 0 atom stereocenters. The average molecular weight is 1160 g/mol. The summed E-state index contributed by atoms with van der Waals surface area (Å²) in [6.45, 7) is 6.19. The van der Waals surface area contributed by atoms with Gasteiger partial charge in [0.1, 0.15) is 24.7 Å². The summed E-state index contributed by atoms with van der Waals surface area (Å²) >= 11 is 11.7. The molecule has 18 N–H and O–H groups in total. The van der Waals surface area contributed by atoms with Crippen LogP contribution >= 0.6 is 23.2 Å². The summed E-state index contributed by atoms with van der Waals surface area (Å²) in [5.41, 5.74) is 36.0. The Morgan fingerprint density at radius 2 is 0.787 bits per heavy atom. The molecule has 0 aliphatic carbocycles. The number of aliphatic imine (C=N–C) groups is 2. The Morgan fingerprint density at radius 1 is 0.438 bits per heavy atom. The number of halogens is 2. The number of carbonyl (C=O) groups is 4. The summed E-state index contributed by atoms with van der Waals surface area (Å²) in [6, 6.07) is 15.0. The van der Waals surface area contributed by atoms with Gasteiger partial charge in [0.25, 0.3) is 11.8 Å². The van der Waals surface area contributed by atoms with Crippen LogP contribution in [0.5, 0.6) is 11.5 Å². The molecule has 0 unspecified atom stereocenters. The van der Waals surface area contributed by atoms with E-state index >= 15 is 0 Å². The summed E-state index contributed by atoms with van der Waals surface area (Å²) in [5.74, 6) is -0.553. The number of carbonyl (C=O) groups excluding carboxylic acids is 4. The molecule has 0 aliphatic heterocycles. The molecular formula is C50H74Cl2N18O10. The van der Waals surface area contributed by atoms with Gasteiger partial charge < -0.3 is 84.1 Å². The first-order chi connectivity index (χ1) is 38.7. The highest BCUT2D eigenvalue weighted by molar-refractivity contribution is 6.32. The smallest absolute Gasteiger partial charge is 0.314 e. The van der Waals surface area contributed by atoms with Gasteiger partial charge in [0, 0.05) is 39.3 Å². The van der Waals surface area contributed by atoms with E-state index in [0.29, 0.717) is 118 Å². The summed E-state index contributed by atoms with van der Waals surface area (Å²) in [7, 11) is 0. The standard InChI is InChI=1S/C50H74Cl2N18O10/c51-39-43(55)67-41(53)37(65-39)45(71)69-47(57)59-17-3-1-7-33-9-13-35(14-10-33)79-31-29-77-27-25-75-23-21-63-49(73)61-19-5-6-20-62-50(74)64-22-24-76-26-28-78-30-32-80-36-15-11-34(12-16-36)8-2-4-18-60-48(58)70-46(72)38-42(54)68-44(56)40(52)66-38/h9-16H,1-8,17-32H2,(H4,53,55,67)(H4,54,56,68)(H2,61,63,73)(H2,62,64,74)(H3,57,59,69,71)(H3,58,60,70,72). The van der Waals surface area contributed by atoms with Crippen LogP contribution in [0.4, 0.5) is 32.9 Å². The van der Waals surface area contributed by atoms with Crippen molar-refractivity contribution in [1.29, 1.82) is 0 Å². The van der Waals surface area contributed by atoms with E-state index < -0.39 is 11.8 Å². The molecular weight excluding hydrogens is 1080 g/mol. The van der Waals surface area contributed by atoms with Crippen LogP contribution < -0.4 is 75.8 Å². The van der Waals surface area contributed by atoms with E-state index in [1.54, 1.807) is 0 Å². The third-order valence-electron chi connectivity index (χ3n) is 10.9. The van der Waals surface area contributed by atoms with Gasteiger partial charge in [-0.25, -0.2) is 29.5 Å². The minimum atomic E-state index is -0.688. The molecule has 4 rings (SSSR count). The number of nitrogens with one attached hydrogen (secondary N) is 6. The van der Waals surface area contributed by atoms with Crippen molar-refractivity contribution in [2.24, 2.45) is 21.5 Å². The van der Waals surface area contributed by atoms with Crippen LogP contribution in [0.2, 0.25) is 10.3 Å². The van der Waals surface area contributed by atoms with Gasteiger partial charge in [-0.05, 0) is 86.8 Å². The molecule has 2 heterocycles. The number of aromatic nitrogens is 4. The van der Waals surface area contributed by atoms with Gasteiger partial charge in [0.2, 0.25) is 0 Å². The normalized spacial score (nSPS) is 11.4. The zero-order valence-electron chi connectivity index (χ0n) is 44.6. The molecule has 0 saturated heterocycles. The molecule has 0 aliphatic rings. The van der Waals surface area contributed by atoms with Crippen molar-refractivity contribution in [3.63, 3.8) is 0 Å². The highest BCUT2D eigenvalue weighted by Crippen LogP contribution is 2.19. The van der Waals surface area contributed by atoms with Crippen LogP contribution in [0, 0.1) is 0 Å². The first-order valence-electron chi connectivity index (χ1n) is 25.9. The van der Waals surface area contributed by atoms with Gasteiger partial charge in [-0.2, -0.15) is 0 Å². The number of anilines is 4. The third-order valence-corrected chi connectivity index (χ3v) is 11.4. The maximum Gasteiger partial charge on any atom is 0.314 e. The average Bonchev–Trinajstić information content (AvgIpc) is 3.43. The molecule has 0 bridgehead atoms. The largest absolute Gasteiger partial charge is 0.491 e. The number of hydrogen-bond donors (Lipinski definition) is 12. The van der Waals surface area contributed by atoms with Crippen molar-refractivity contribution in [2.45, 2.75) is 51.4 Å². The van der Waals surface area contributed by atoms with E-state index in [0.717, 1.165) is 61.2 Å². The number of nitrogens with two attached hydrogens (primary N) is 6. The molecule has 4 aromatic rings. The Labute approximate surface area is 473 Å². The molecule has 0 radical (unpaired) electrons. The monoisotopic (exact) mass is 1160 g/mol. The Bertz CT molecular complexity index is 2410. The van der Waals surface area contributed by atoms with Gasteiger partial charge >= 0.3 is 12.1 Å². The molecule has 30 heteroatoms. The summed E-state index contributed by atoms with van der Waals surface area (Å²) in [4.78, 5) is 72.4. The number of nitrogens with zero attached hydrogens (tertiary/aromatic N) is 6. The molecule has 438 valence electrons. The van der Waals surface area contributed by atoms with Crippen LogP contribution in [0.1, 0.15) is 70.6 Å². The lowest BCUT2D eigenvalue weighted by Gasteiger charge is -2.10. The van der Waals surface area contributed by atoms with Gasteiger partial charge in [-0.15, -0.1) is 0 Å². The van der Waals surface area contributed by atoms with Crippen LogP contribution in [-0.4, -0.2) is 161 Å². The second-order valence-electron chi connectivity index (χ2n) is 17.1. The van der Waals surface area contributed by atoms with Crippen LogP contribution in [0.3, 0.4) is 0 Å². The number of rotatable bonds is 37. The minimum absolute atomic E-state index is 0.0716. The number of guanidine groups is 2. The van der Waals surface area contributed by atoms with E-state index in [4.69, 9.17) is 86.0 Å². The lowest BCUT2D eigenvalue weighted by molar-refractivity contribution is 0.0377. The fourth-order valence-electron chi connectivity index (χ4n) is 6.77. The maximum absolute atomic E-state index is 12.4. The van der Waals surface area contributed by atoms with Gasteiger partial charge in [0.05, 0.1) is 52.9 Å². The fraction of sp³-hybridized carbons (Fsp3) is 0.480. The highest BCUT2D eigenvalue weighted by atomic mass is 35.5. The third kappa shape index (κ3) is 27.2. The molecule has 0 spiro atoms. The lowest BCUT2D eigenvalue weighted by Crippen LogP contribution is -2.39. The Morgan fingerprint density at radius 3 is 1.18 bits per heavy atom. The first kappa shape index (κ1) is 64.8. The van der Waals surface area contributed by atoms with Crippen LogP contribution in [0.25, 0.3) is 0 Å². The van der Waals surface area contributed by atoms with Crippen LogP contribution in [-0.2, 0) is 31.8 Å². The predicted molar refractivity (Wildman–Crippen MR) is 305 cm³/mol. The lowest BCUT2D eigenvalue weighted by atomic mass is 10.1. The zero-order chi connectivity index (χ0) is 57.7. The van der Waals surface area contributed by atoms with Crippen molar-refractivity contribution in [2.75, 3.05) is 128 Å². The van der Waals surface area contributed by atoms with E-state index in [1.807, 2.05) is 48.5 Å². The molecule has 2 aromatic heterocycles. The number of hydrogen-bond acceptors (Lipinski definition) is 20. The number of nitrogen functional groups attached to an aromatic ring is 4. The van der Waals surface area contributed by atoms with E-state index in [-0.39, 0.29) is 68.9 Å². The molecule has 80 heavy (non-hydrogen) atoms. The fourth-order valence-corrected chi connectivity index (χ4v) is 7.02.